The van der Waals surface area contributed by atoms with E-state index >= 15 is 0 Å². The van der Waals surface area contributed by atoms with Gasteiger partial charge in [0.15, 0.2) is 18.1 Å². The van der Waals surface area contributed by atoms with Crippen LogP contribution in [-0.2, 0) is 4.79 Å². The fourth-order valence-corrected chi connectivity index (χ4v) is 1.66. The minimum atomic E-state index is -0.126. The van der Waals surface area contributed by atoms with E-state index in [1.54, 1.807) is 7.11 Å². The molecule has 4 nitrogen and oxygen atoms in total. The average Bonchev–Trinajstić information content (AvgIpc) is 2.45. The van der Waals surface area contributed by atoms with Crippen molar-refractivity contribution in [1.29, 1.82) is 0 Å². The van der Waals surface area contributed by atoms with Gasteiger partial charge in [0.05, 0.1) is 7.11 Å². The van der Waals surface area contributed by atoms with Gasteiger partial charge in [-0.3, -0.25) is 4.79 Å². The molecule has 1 N–H and O–H groups in total. The molecule has 0 saturated heterocycles. The highest BCUT2D eigenvalue weighted by Gasteiger charge is 2.09. The van der Waals surface area contributed by atoms with Crippen LogP contribution in [0.4, 0.5) is 0 Å². The molecule has 0 heterocycles. The molecular weight excluding hydrogens is 254 g/mol. The zero-order valence-corrected chi connectivity index (χ0v) is 12.6. The van der Waals surface area contributed by atoms with E-state index in [4.69, 9.17) is 9.47 Å². The van der Waals surface area contributed by atoms with Crippen molar-refractivity contribution < 1.29 is 14.3 Å². The fraction of sp³-hybridized carbons (Fsp3) is 0.438. The predicted octanol–water partition coefficient (Wildman–Crippen LogP) is 3.02. The molecule has 1 rings (SSSR count). The summed E-state index contributed by atoms with van der Waals surface area (Å²) in [5.74, 6) is 1.07. The van der Waals surface area contributed by atoms with Gasteiger partial charge < -0.3 is 14.8 Å². The summed E-state index contributed by atoms with van der Waals surface area (Å²) in [5.41, 5.74) is 1.03. The summed E-state index contributed by atoms with van der Waals surface area (Å²) in [5, 5.41) is 2.85. The Balaban J connectivity index is 2.65. The highest BCUT2D eigenvalue weighted by atomic mass is 16.5. The average molecular weight is 277 g/mol. The monoisotopic (exact) mass is 277 g/mol. The Labute approximate surface area is 120 Å². The van der Waals surface area contributed by atoms with E-state index < -0.39 is 0 Å². The van der Waals surface area contributed by atoms with E-state index in [1.807, 2.05) is 51.1 Å². The first-order valence-corrected chi connectivity index (χ1v) is 6.83. The van der Waals surface area contributed by atoms with Crippen LogP contribution in [0, 0.1) is 0 Å². The molecule has 0 bridgehead atoms. The highest BCUT2D eigenvalue weighted by molar-refractivity contribution is 5.77. The van der Waals surface area contributed by atoms with Crippen LogP contribution in [0.2, 0.25) is 0 Å². The van der Waals surface area contributed by atoms with Crippen molar-refractivity contribution >= 4 is 12.0 Å². The number of ether oxygens (including phenoxy) is 2. The second kappa shape index (κ2) is 8.25. The highest BCUT2D eigenvalue weighted by Crippen LogP contribution is 2.28. The number of amides is 1. The minimum absolute atomic E-state index is 0.0103. The van der Waals surface area contributed by atoms with E-state index in [0.29, 0.717) is 11.5 Å². The van der Waals surface area contributed by atoms with Crippen LogP contribution in [-0.4, -0.2) is 25.7 Å². The molecule has 0 aliphatic carbocycles. The third-order valence-corrected chi connectivity index (χ3v) is 2.93. The number of benzene rings is 1. The van der Waals surface area contributed by atoms with E-state index in [1.165, 1.54) is 0 Å². The Kier molecular flexibility index (Phi) is 6.64. The lowest BCUT2D eigenvalue weighted by Gasteiger charge is -2.14. The van der Waals surface area contributed by atoms with Gasteiger partial charge in [-0.15, -0.1) is 0 Å². The summed E-state index contributed by atoms with van der Waals surface area (Å²) in [6, 6.07) is 5.77. The van der Waals surface area contributed by atoms with Gasteiger partial charge in [-0.1, -0.05) is 25.1 Å². The lowest BCUT2D eigenvalue weighted by Crippen LogP contribution is -2.35. The summed E-state index contributed by atoms with van der Waals surface area (Å²) < 4.78 is 10.8. The Hall–Kier alpha value is -1.97. The van der Waals surface area contributed by atoms with E-state index in [9.17, 15) is 4.79 Å². The first-order valence-electron chi connectivity index (χ1n) is 6.83. The number of hydrogen-bond acceptors (Lipinski definition) is 3. The Morgan fingerprint density at radius 3 is 2.75 bits per heavy atom. The number of methoxy groups -OCH3 is 1. The van der Waals surface area contributed by atoms with Crippen LogP contribution in [0.15, 0.2) is 24.3 Å². The van der Waals surface area contributed by atoms with Crippen LogP contribution in [0.25, 0.3) is 6.08 Å². The molecule has 1 aromatic rings. The lowest BCUT2D eigenvalue weighted by molar-refractivity contribution is -0.123. The number of hydrogen-bond donors (Lipinski definition) is 1. The molecule has 0 aliphatic heterocycles. The van der Waals surface area contributed by atoms with Crippen molar-refractivity contribution in [2.24, 2.45) is 0 Å². The molecule has 0 aromatic heterocycles. The summed E-state index contributed by atoms with van der Waals surface area (Å²) in [4.78, 5) is 11.7. The first kappa shape index (κ1) is 16.1. The summed E-state index contributed by atoms with van der Waals surface area (Å²) >= 11 is 0. The molecule has 4 heteroatoms. The third-order valence-electron chi connectivity index (χ3n) is 2.93. The summed E-state index contributed by atoms with van der Waals surface area (Å²) in [6.07, 6.45) is 4.82. The topological polar surface area (TPSA) is 47.6 Å². The van der Waals surface area contributed by atoms with Gasteiger partial charge in [0.25, 0.3) is 5.91 Å². The maximum Gasteiger partial charge on any atom is 0.258 e. The molecule has 0 radical (unpaired) electrons. The maximum absolute atomic E-state index is 11.7. The van der Waals surface area contributed by atoms with E-state index in [0.717, 1.165) is 12.0 Å². The van der Waals surface area contributed by atoms with Crippen molar-refractivity contribution in [1.82, 2.24) is 5.32 Å². The molecule has 0 saturated carbocycles. The lowest BCUT2D eigenvalue weighted by atomic mass is 10.2. The van der Waals surface area contributed by atoms with Gasteiger partial charge in [0.1, 0.15) is 0 Å². The van der Waals surface area contributed by atoms with Gasteiger partial charge in [-0.05, 0) is 38.0 Å². The second-order valence-electron chi connectivity index (χ2n) is 4.58. The molecule has 1 amide bonds. The van der Waals surface area contributed by atoms with Gasteiger partial charge in [-0.25, -0.2) is 0 Å². The molecule has 20 heavy (non-hydrogen) atoms. The van der Waals surface area contributed by atoms with Crippen molar-refractivity contribution in [2.45, 2.75) is 33.2 Å². The minimum Gasteiger partial charge on any atom is -0.493 e. The van der Waals surface area contributed by atoms with Crippen LogP contribution >= 0.6 is 0 Å². The smallest absolute Gasteiger partial charge is 0.258 e. The van der Waals surface area contributed by atoms with Gasteiger partial charge >= 0.3 is 0 Å². The van der Waals surface area contributed by atoms with Gasteiger partial charge in [-0.2, -0.15) is 0 Å². The molecular formula is C16H23NO3. The number of allylic oxidation sites excluding steroid dienone is 1. The number of carbonyl (C=O) groups excluding carboxylic acids is 1. The molecule has 0 fully saturated rings. The van der Waals surface area contributed by atoms with E-state index in [2.05, 4.69) is 5.32 Å². The largest absolute Gasteiger partial charge is 0.493 e. The van der Waals surface area contributed by atoms with Crippen molar-refractivity contribution in [3.63, 3.8) is 0 Å². The molecule has 1 atom stereocenters. The summed E-state index contributed by atoms with van der Waals surface area (Å²) in [6.45, 7) is 5.93. The first-order chi connectivity index (χ1) is 9.60. The normalized spacial score (nSPS) is 12.2. The predicted molar refractivity (Wildman–Crippen MR) is 81.1 cm³/mol. The Morgan fingerprint density at radius 1 is 1.40 bits per heavy atom. The zero-order chi connectivity index (χ0) is 15.0. The molecule has 110 valence electrons. The number of nitrogens with one attached hydrogen (secondary N) is 1. The third kappa shape index (κ3) is 4.96. The van der Waals surface area contributed by atoms with Crippen molar-refractivity contribution in [3.05, 3.63) is 29.8 Å². The SMILES string of the molecule is C/C=C/c1ccc(OCC(=O)N[C@@H](C)CC)c(OC)c1. The fourth-order valence-electron chi connectivity index (χ4n) is 1.66. The molecule has 0 unspecified atom stereocenters. The molecule has 0 spiro atoms. The van der Waals surface area contributed by atoms with Gasteiger partial charge in [0, 0.05) is 6.04 Å². The number of rotatable bonds is 7. The van der Waals surface area contributed by atoms with Crippen LogP contribution in [0.1, 0.15) is 32.8 Å². The zero-order valence-electron chi connectivity index (χ0n) is 12.6. The standard InChI is InChI=1S/C16H23NO3/c1-5-7-13-8-9-14(15(10-13)19-4)20-11-16(18)17-12(3)6-2/h5,7-10,12H,6,11H2,1-4H3,(H,17,18)/b7-5+/t12-/m0/s1. The summed E-state index contributed by atoms with van der Waals surface area (Å²) in [7, 11) is 1.58. The van der Waals surface area contributed by atoms with Crippen LogP contribution in [0.5, 0.6) is 11.5 Å². The maximum atomic E-state index is 11.7. The van der Waals surface area contributed by atoms with Crippen molar-refractivity contribution in [2.75, 3.05) is 13.7 Å². The molecule has 1 aromatic carbocycles. The van der Waals surface area contributed by atoms with E-state index in [-0.39, 0.29) is 18.6 Å². The second-order valence-corrected chi connectivity index (χ2v) is 4.58. The van der Waals surface area contributed by atoms with Crippen molar-refractivity contribution in [3.8, 4) is 11.5 Å². The Morgan fingerprint density at radius 2 is 2.15 bits per heavy atom. The molecule has 0 aliphatic rings. The van der Waals surface area contributed by atoms with Crippen LogP contribution in [0.3, 0.4) is 0 Å². The number of carbonyl (C=O) groups is 1. The Bertz CT molecular complexity index is 469. The quantitative estimate of drug-likeness (QED) is 0.833. The van der Waals surface area contributed by atoms with Crippen LogP contribution < -0.4 is 14.8 Å². The van der Waals surface area contributed by atoms with Gasteiger partial charge in [0.2, 0.25) is 0 Å².